The minimum Gasteiger partial charge on any atom is -1.00 e. The van der Waals surface area contributed by atoms with Gasteiger partial charge in [0, 0.05) is 28.1 Å². The molecule has 3 aromatic rings. The number of aliphatic imine (C=N–C) groups is 2. The molecule has 0 saturated heterocycles. The molecule has 0 spiro atoms. The zero-order valence-corrected chi connectivity index (χ0v) is 25.5. The van der Waals surface area contributed by atoms with Crippen LogP contribution >= 0.6 is 15.9 Å². The zero-order valence-electron chi connectivity index (χ0n) is 21.3. The summed E-state index contributed by atoms with van der Waals surface area (Å²) >= 11 is 3.53. The quantitative estimate of drug-likeness (QED) is 0.247. The van der Waals surface area contributed by atoms with Crippen LogP contribution in [0, 0.1) is 6.92 Å². The maximum Gasteiger partial charge on any atom is 3.00 e. The van der Waals surface area contributed by atoms with E-state index in [1.807, 2.05) is 44.3 Å². The summed E-state index contributed by atoms with van der Waals surface area (Å²) in [5.41, 5.74) is 7.89. The number of para-hydroxylation sites is 2. The Bertz CT molecular complexity index is 1040. The molecule has 3 rings (SSSR count). The predicted molar refractivity (Wildman–Crippen MR) is 142 cm³/mol. The Morgan fingerprint density at radius 1 is 0.886 bits per heavy atom. The van der Waals surface area contributed by atoms with Gasteiger partial charge in [0.15, 0.2) is 0 Å². The van der Waals surface area contributed by atoms with Gasteiger partial charge in [0.05, 0.1) is 5.69 Å². The van der Waals surface area contributed by atoms with Crippen LogP contribution in [0.3, 0.4) is 0 Å². The molecule has 0 unspecified atom stereocenters. The molecule has 0 aliphatic carbocycles. The minimum atomic E-state index is 0. The van der Waals surface area contributed by atoms with Crippen LogP contribution in [0.25, 0.3) is 0 Å². The number of aromatic nitrogens is 1. The standard InChI is InChI=1S/C14H13BrN2.C14H20N.2ClH.Fe/c1-10-5-3-7-13(15)14(10)17-11(2)12-6-4-8-16-9-12;1-6-15-14-12(10(2)3)8-7-9-13(14)11(4)5;;;/h3-9H,1-2H3;7-11H,1-5H3;2*1H;/q;-1;;;+3/p-2. The van der Waals surface area contributed by atoms with E-state index in [-0.39, 0.29) is 41.9 Å². The van der Waals surface area contributed by atoms with Gasteiger partial charge in [-0.15, -0.1) is 18.1 Å². The summed E-state index contributed by atoms with van der Waals surface area (Å²) in [7, 11) is 0. The van der Waals surface area contributed by atoms with Crippen molar-refractivity contribution >= 4 is 39.2 Å². The Hall–Kier alpha value is -1.49. The molecule has 3 nitrogen and oxygen atoms in total. The van der Waals surface area contributed by atoms with Gasteiger partial charge in [-0.1, -0.05) is 69.8 Å². The number of pyridine rings is 1. The summed E-state index contributed by atoms with van der Waals surface area (Å²) in [5.74, 6) is 1.02. The van der Waals surface area contributed by atoms with Crippen molar-refractivity contribution in [1.82, 2.24) is 4.98 Å². The topological polar surface area (TPSA) is 37.6 Å². The molecule has 2 aromatic carbocycles. The molecule has 35 heavy (non-hydrogen) atoms. The fourth-order valence-corrected chi connectivity index (χ4v) is 3.88. The second kappa shape index (κ2) is 17.9. The van der Waals surface area contributed by atoms with Crippen molar-refractivity contribution in [3.63, 3.8) is 0 Å². The fourth-order valence-electron chi connectivity index (χ4n) is 3.33. The van der Waals surface area contributed by atoms with E-state index in [4.69, 9.17) is 0 Å². The number of hydrogen-bond acceptors (Lipinski definition) is 3. The van der Waals surface area contributed by atoms with Gasteiger partial charge in [-0.2, -0.15) is 6.21 Å². The van der Waals surface area contributed by atoms with Crippen LogP contribution in [-0.4, -0.2) is 16.9 Å². The number of halogens is 3. The summed E-state index contributed by atoms with van der Waals surface area (Å²) in [4.78, 5) is 13.2. The third-order valence-electron chi connectivity index (χ3n) is 5.11. The Labute approximate surface area is 242 Å². The van der Waals surface area contributed by atoms with Crippen LogP contribution in [0.5, 0.6) is 0 Å². The molecule has 0 bridgehead atoms. The number of hydrogen-bond donors (Lipinski definition) is 0. The number of benzene rings is 2. The molecular weight excluding hydrogens is 585 g/mol. The van der Waals surface area contributed by atoms with Crippen LogP contribution in [0.2, 0.25) is 0 Å². The summed E-state index contributed by atoms with van der Waals surface area (Å²) in [5, 5.41) is 0. The molecule has 0 N–H and O–H groups in total. The van der Waals surface area contributed by atoms with Crippen molar-refractivity contribution in [2.75, 3.05) is 0 Å². The molecule has 0 atom stereocenters. The van der Waals surface area contributed by atoms with Crippen molar-refractivity contribution in [3.8, 4) is 0 Å². The van der Waals surface area contributed by atoms with E-state index in [1.165, 1.54) is 11.1 Å². The predicted octanol–water partition coefficient (Wildman–Crippen LogP) is 2.83. The monoisotopic (exact) mass is 616 g/mol. The number of rotatable bonds is 5. The molecule has 0 amide bonds. The summed E-state index contributed by atoms with van der Waals surface area (Å²) in [6.07, 6.45) is 6.49. The number of nitrogens with zero attached hydrogens (tertiary/aromatic N) is 3. The molecule has 0 aliphatic heterocycles. The summed E-state index contributed by atoms with van der Waals surface area (Å²) in [6, 6.07) is 16.4. The largest absolute Gasteiger partial charge is 3.00 e. The van der Waals surface area contributed by atoms with Crippen LogP contribution in [0.4, 0.5) is 11.4 Å². The second-order valence-electron chi connectivity index (χ2n) is 8.27. The molecular formula is C28H33BrCl2FeN3. The average molecular weight is 618 g/mol. The molecule has 0 aliphatic rings. The Morgan fingerprint density at radius 3 is 1.91 bits per heavy atom. The third kappa shape index (κ3) is 10.6. The molecule has 0 fully saturated rings. The Kier molecular flexibility index (Phi) is 18.2. The van der Waals surface area contributed by atoms with Gasteiger partial charge in [0.2, 0.25) is 0 Å². The van der Waals surface area contributed by atoms with Crippen molar-refractivity contribution < 1.29 is 41.9 Å². The van der Waals surface area contributed by atoms with Gasteiger partial charge in [-0.05, 0) is 59.3 Å². The van der Waals surface area contributed by atoms with E-state index in [0.717, 1.165) is 32.7 Å². The Morgan fingerprint density at radius 2 is 1.46 bits per heavy atom. The van der Waals surface area contributed by atoms with Gasteiger partial charge in [-0.3, -0.25) is 9.98 Å². The molecule has 0 saturated carbocycles. The molecule has 189 valence electrons. The zero-order chi connectivity index (χ0) is 23.7. The van der Waals surface area contributed by atoms with Crippen LogP contribution in [-0.2, 0) is 17.1 Å². The van der Waals surface area contributed by atoms with Crippen LogP contribution < -0.4 is 24.8 Å². The first kappa shape index (κ1) is 35.7. The van der Waals surface area contributed by atoms with Gasteiger partial charge >= 0.3 is 17.1 Å². The fraction of sp³-hybridized carbons (Fsp3) is 0.321. The average Bonchev–Trinajstić information content (AvgIpc) is 2.77. The van der Waals surface area contributed by atoms with E-state index in [2.05, 4.69) is 96.0 Å². The molecule has 1 radical (unpaired) electrons. The van der Waals surface area contributed by atoms with Crippen LogP contribution in [0.1, 0.15) is 75.6 Å². The first-order chi connectivity index (χ1) is 15.3. The van der Waals surface area contributed by atoms with E-state index >= 15 is 0 Å². The van der Waals surface area contributed by atoms with Crippen molar-refractivity contribution in [2.45, 2.75) is 60.3 Å². The normalized spacial score (nSPS) is 10.7. The van der Waals surface area contributed by atoms with E-state index < -0.39 is 0 Å². The maximum absolute atomic E-state index is 4.66. The Balaban J connectivity index is 0. The van der Waals surface area contributed by atoms with Crippen molar-refractivity contribution in [3.05, 3.63) is 87.7 Å². The smallest absolute Gasteiger partial charge is 1.00 e. The van der Waals surface area contributed by atoms with Gasteiger partial charge in [0.25, 0.3) is 0 Å². The van der Waals surface area contributed by atoms with E-state index in [9.17, 15) is 0 Å². The summed E-state index contributed by atoms with van der Waals surface area (Å²) in [6.45, 7) is 14.7. The van der Waals surface area contributed by atoms with Gasteiger partial charge < -0.3 is 29.8 Å². The van der Waals surface area contributed by atoms with E-state index in [0.29, 0.717) is 11.8 Å². The van der Waals surface area contributed by atoms with E-state index in [1.54, 1.807) is 6.20 Å². The first-order valence-electron chi connectivity index (χ1n) is 11.0. The van der Waals surface area contributed by atoms with Crippen LogP contribution in [0.15, 0.2) is 75.4 Å². The maximum atomic E-state index is 4.66. The minimum absolute atomic E-state index is 0. The van der Waals surface area contributed by atoms with Gasteiger partial charge in [-0.25, -0.2) is 0 Å². The summed E-state index contributed by atoms with van der Waals surface area (Å²) < 4.78 is 1.01. The third-order valence-corrected chi connectivity index (χ3v) is 5.75. The number of aryl methyl sites for hydroxylation is 1. The van der Waals surface area contributed by atoms with Crippen molar-refractivity contribution in [2.24, 2.45) is 9.98 Å². The molecule has 7 heteroatoms. The van der Waals surface area contributed by atoms with Gasteiger partial charge in [0.1, 0.15) is 0 Å². The SMILES string of the molecule is CC(=Nc1c(C)cccc1Br)c1cccnc1.C[C-]=Nc1c(C(C)C)cccc1C(C)C.[Cl-].[Cl-].[Fe+3]. The molecule has 1 aromatic heterocycles. The second-order valence-corrected chi connectivity index (χ2v) is 9.13. The van der Waals surface area contributed by atoms with Crippen molar-refractivity contribution in [1.29, 1.82) is 0 Å². The molecule has 1 heterocycles. The first-order valence-corrected chi connectivity index (χ1v) is 11.8.